The average molecular weight is 456 g/mol. The Bertz CT molecular complexity index is 1210. The number of piperazine rings is 1. The van der Waals surface area contributed by atoms with Gasteiger partial charge in [-0.2, -0.15) is 0 Å². The van der Waals surface area contributed by atoms with Crippen molar-refractivity contribution in [3.05, 3.63) is 84.2 Å². The molecule has 0 amide bonds. The second kappa shape index (κ2) is 8.88. The van der Waals surface area contributed by atoms with Crippen LogP contribution in [0.2, 0.25) is 0 Å². The molecule has 0 unspecified atom stereocenters. The Morgan fingerprint density at radius 3 is 2.12 bits per heavy atom. The highest BCUT2D eigenvalue weighted by atomic mass is 32.2. The summed E-state index contributed by atoms with van der Waals surface area (Å²) in [7, 11) is -3.89. The zero-order chi connectivity index (χ0) is 22.7. The lowest BCUT2D eigenvalue weighted by Gasteiger charge is -2.38. The monoisotopic (exact) mass is 455 g/mol. The van der Waals surface area contributed by atoms with E-state index in [2.05, 4.69) is 9.62 Å². The van der Waals surface area contributed by atoms with Crippen molar-refractivity contribution >= 4 is 33.1 Å². The summed E-state index contributed by atoms with van der Waals surface area (Å²) in [5.74, 6) is -1.43. The molecule has 3 aromatic carbocycles. The van der Waals surface area contributed by atoms with Gasteiger partial charge in [-0.15, -0.1) is 0 Å². The minimum atomic E-state index is -3.89. The van der Waals surface area contributed by atoms with Gasteiger partial charge in [0.1, 0.15) is 5.82 Å². The first-order valence-corrected chi connectivity index (χ1v) is 11.5. The molecule has 0 aliphatic carbocycles. The number of rotatable bonds is 6. The van der Waals surface area contributed by atoms with Crippen molar-refractivity contribution in [1.29, 1.82) is 0 Å². The maximum Gasteiger partial charge on any atom is 0.335 e. The Kier molecular flexibility index (Phi) is 6.00. The standard InChI is InChI=1S/C23H22FN3O4S/c24-18-7-9-19(10-8-18)26-12-14-27(15-13-26)22-11-6-17(23(28)29)16-21(22)25-32(30,31)20-4-2-1-3-5-20/h1-11,16,25H,12-15H2,(H,28,29). The first kappa shape index (κ1) is 21.6. The maximum atomic E-state index is 13.2. The van der Waals surface area contributed by atoms with Gasteiger partial charge in [0.25, 0.3) is 10.0 Å². The third-order valence-corrected chi connectivity index (χ3v) is 6.73. The summed E-state index contributed by atoms with van der Waals surface area (Å²) in [5.41, 5.74) is 1.72. The molecular formula is C23H22FN3O4S. The smallest absolute Gasteiger partial charge is 0.335 e. The number of nitrogens with one attached hydrogen (secondary N) is 1. The largest absolute Gasteiger partial charge is 0.478 e. The quantitative estimate of drug-likeness (QED) is 0.590. The van der Waals surface area contributed by atoms with E-state index in [4.69, 9.17) is 0 Å². The summed E-state index contributed by atoms with van der Waals surface area (Å²) in [6.07, 6.45) is 0. The topological polar surface area (TPSA) is 89.9 Å². The Morgan fingerprint density at radius 2 is 1.50 bits per heavy atom. The van der Waals surface area contributed by atoms with Crippen LogP contribution in [0.5, 0.6) is 0 Å². The lowest BCUT2D eigenvalue weighted by molar-refractivity contribution is 0.0697. The molecule has 166 valence electrons. The minimum absolute atomic E-state index is 0.00976. The van der Waals surface area contributed by atoms with Crippen LogP contribution in [0, 0.1) is 5.82 Å². The molecule has 0 spiro atoms. The molecule has 0 atom stereocenters. The number of hydrogen-bond acceptors (Lipinski definition) is 5. The third kappa shape index (κ3) is 4.67. The van der Waals surface area contributed by atoms with Crippen molar-refractivity contribution in [2.24, 2.45) is 0 Å². The van der Waals surface area contributed by atoms with Gasteiger partial charge in [0, 0.05) is 31.9 Å². The van der Waals surface area contributed by atoms with Crippen LogP contribution in [-0.2, 0) is 10.0 Å². The minimum Gasteiger partial charge on any atom is -0.478 e. The molecule has 32 heavy (non-hydrogen) atoms. The van der Waals surface area contributed by atoms with Crippen molar-refractivity contribution in [2.45, 2.75) is 4.90 Å². The van der Waals surface area contributed by atoms with Crippen molar-refractivity contribution in [3.63, 3.8) is 0 Å². The van der Waals surface area contributed by atoms with E-state index in [1.54, 1.807) is 36.4 Å². The number of carboxylic acid groups (broad SMARTS) is 1. The molecule has 4 rings (SSSR count). The normalized spacial score (nSPS) is 14.3. The lowest BCUT2D eigenvalue weighted by Crippen LogP contribution is -2.46. The fourth-order valence-corrected chi connectivity index (χ4v) is 4.77. The lowest BCUT2D eigenvalue weighted by atomic mass is 10.1. The van der Waals surface area contributed by atoms with Crippen LogP contribution in [0.25, 0.3) is 0 Å². The summed E-state index contributed by atoms with van der Waals surface area (Å²) < 4.78 is 41.5. The van der Waals surface area contributed by atoms with Crippen LogP contribution in [0.4, 0.5) is 21.5 Å². The highest BCUT2D eigenvalue weighted by Gasteiger charge is 2.23. The van der Waals surface area contributed by atoms with E-state index in [-0.39, 0.29) is 22.0 Å². The summed E-state index contributed by atoms with van der Waals surface area (Å²) in [6.45, 7) is 2.47. The summed E-state index contributed by atoms with van der Waals surface area (Å²) in [4.78, 5) is 15.7. The Balaban J connectivity index is 1.59. The molecule has 1 heterocycles. The van der Waals surface area contributed by atoms with E-state index in [0.29, 0.717) is 31.9 Å². The van der Waals surface area contributed by atoms with E-state index in [1.807, 2.05) is 4.90 Å². The van der Waals surface area contributed by atoms with E-state index in [9.17, 15) is 22.7 Å². The van der Waals surface area contributed by atoms with E-state index in [0.717, 1.165) is 5.69 Å². The van der Waals surface area contributed by atoms with Crippen LogP contribution in [0.3, 0.4) is 0 Å². The number of hydrogen-bond donors (Lipinski definition) is 2. The number of carboxylic acids is 1. The van der Waals surface area contributed by atoms with Crippen LogP contribution < -0.4 is 14.5 Å². The van der Waals surface area contributed by atoms with Gasteiger partial charge in [0.15, 0.2) is 0 Å². The number of anilines is 3. The molecule has 1 aliphatic rings. The highest BCUT2D eigenvalue weighted by Crippen LogP contribution is 2.31. The average Bonchev–Trinajstić information content (AvgIpc) is 2.80. The molecule has 7 nitrogen and oxygen atoms in total. The van der Waals surface area contributed by atoms with Gasteiger partial charge in [-0.05, 0) is 54.6 Å². The van der Waals surface area contributed by atoms with Gasteiger partial charge in [-0.25, -0.2) is 17.6 Å². The molecular weight excluding hydrogens is 433 g/mol. The van der Waals surface area contributed by atoms with E-state index < -0.39 is 16.0 Å². The fourth-order valence-electron chi connectivity index (χ4n) is 3.69. The summed E-state index contributed by atoms with van der Waals surface area (Å²) in [5, 5.41) is 9.38. The molecule has 2 N–H and O–H groups in total. The number of benzene rings is 3. The molecule has 0 aromatic heterocycles. The van der Waals surface area contributed by atoms with E-state index in [1.165, 1.54) is 36.4 Å². The maximum absolute atomic E-state index is 13.2. The van der Waals surface area contributed by atoms with Crippen LogP contribution in [-0.4, -0.2) is 45.7 Å². The molecule has 0 bridgehead atoms. The predicted octanol–water partition coefficient (Wildman–Crippen LogP) is 3.65. The molecule has 0 saturated carbocycles. The SMILES string of the molecule is O=C(O)c1ccc(N2CCN(c3ccc(F)cc3)CC2)c(NS(=O)(=O)c2ccccc2)c1. The molecule has 3 aromatic rings. The third-order valence-electron chi connectivity index (χ3n) is 5.35. The van der Waals surface area contributed by atoms with Gasteiger partial charge < -0.3 is 14.9 Å². The second-order valence-electron chi connectivity index (χ2n) is 7.41. The predicted molar refractivity (Wildman–Crippen MR) is 121 cm³/mol. The summed E-state index contributed by atoms with van der Waals surface area (Å²) >= 11 is 0. The van der Waals surface area contributed by atoms with Gasteiger partial charge in [0.2, 0.25) is 0 Å². The number of halogens is 1. The van der Waals surface area contributed by atoms with Gasteiger partial charge in [0.05, 0.1) is 21.8 Å². The first-order valence-electron chi connectivity index (χ1n) is 10.0. The number of carbonyl (C=O) groups is 1. The number of aromatic carboxylic acids is 1. The zero-order valence-electron chi connectivity index (χ0n) is 17.1. The van der Waals surface area contributed by atoms with Gasteiger partial charge in [-0.1, -0.05) is 18.2 Å². The first-order chi connectivity index (χ1) is 15.3. The Morgan fingerprint density at radius 1 is 0.875 bits per heavy atom. The second-order valence-corrected chi connectivity index (χ2v) is 9.09. The van der Waals surface area contributed by atoms with Crippen LogP contribution in [0.15, 0.2) is 77.7 Å². The van der Waals surface area contributed by atoms with Gasteiger partial charge >= 0.3 is 5.97 Å². The number of sulfonamides is 1. The van der Waals surface area contributed by atoms with Crippen LogP contribution >= 0.6 is 0 Å². The highest BCUT2D eigenvalue weighted by molar-refractivity contribution is 7.92. The Labute approximate surface area is 185 Å². The zero-order valence-corrected chi connectivity index (χ0v) is 17.9. The molecule has 1 fully saturated rings. The van der Waals surface area contributed by atoms with Crippen molar-refractivity contribution in [2.75, 3.05) is 40.7 Å². The van der Waals surface area contributed by atoms with E-state index >= 15 is 0 Å². The molecule has 9 heteroatoms. The summed E-state index contributed by atoms with van der Waals surface area (Å²) in [6, 6.07) is 18.6. The van der Waals surface area contributed by atoms with Gasteiger partial charge in [-0.3, -0.25) is 4.72 Å². The molecule has 1 saturated heterocycles. The van der Waals surface area contributed by atoms with Crippen LogP contribution in [0.1, 0.15) is 10.4 Å². The molecule has 0 radical (unpaired) electrons. The number of nitrogens with zero attached hydrogens (tertiary/aromatic N) is 2. The fraction of sp³-hybridized carbons (Fsp3) is 0.174. The Hall–Kier alpha value is -3.59. The van der Waals surface area contributed by atoms with Crippen molar-refractivity contribution in [1.82, 2.24) is 0 Å². The van der Waals surface area contributed by atoms with Crippen molar-refractivity contribution in [3.8, 4) is 0 Å². The molecule has 1 aliphatic heterocycles. The van der Waals surface area contributed by atoms with Crippen molar-refractivity contribution < 1.29 is 22.7 Å².